The Morgan fingerprint density at radius 1 is 1.04 bits per heavy atom. The lowest BCUT2D eigenvalue weighted by atomic mass is 10.1. The number of alkyl halides is 3. The molecule has 0 aliphatic rings. The standard InChI is InChI=1S/C15H11F3N4O/c16-15(17,18)14-21-7-10(8-22-14)23-12-4-3-9(6-19)11-2-1-5-20-13(11)12/h1-5,7-8H,6,19H2. The minimum atomic E-state index is -4.59. The number of halogens is 3. The summed E-state index contributed by atoms with van der Waals surface area (Å²) in [5.74, 6) is -0.738. The number of aromatic nitrogens is 3. The zero-order valence-electron chi connectivity index (χ0n) is 11.7. The van der Waals surface area contributed by atoms with Gasteiger partial charge in [-0.25, -0.2) is 9.97 Å². The molecule has 1 aromatic carbocycles. The Kier molecular flexibility index (Phi) is 3.83. The van der Waals surface area contributed by atoms with Gasteiger partial charge in [-0.05, 0) is 17.7 Å². The molecule has 8 heteroatoms. The van der Waals surface area contributed by atoms with Crippen molar-refractivity contribution in [3.63, 3.8) is 0 Å². The maximum Gasteiger partial charge on any atom is 0.451 e. The summed E-state index contributed by atoms with van der Waals surface area (Å²) >= 11 is 0. The van der Waals surface area contributed by atoms with E-state index < -0.39 is 12.0 Å². The number of ether oxygens (including phenoxy) is 1. The molecular formula is C15H11F3N4O. The van der Waals surface area contributed by atoms with Crippen LogP contribution < -0.4 is 10.5 Å². The van der Waals surface area contributed by atoms with Crippen molar-refractivity contribution in [1.82, 2.24) is 15.0 Å². The second kappa shape index (κ2) is 5.81. The van der Waals surface area contributed by atoms with E-state index in [4.69, 9.17) is 10.5 Å². The van der Waals surface area contributed by atoms with Gasteiger partial charge in [-0.2, -0.15) is 13.2 Å². The van der Waals surface area contributed by atoms with E-state index in [1.807, 2.05) is 6.07 Å². The van der Waals surface area contributed by atoms with Crippen molar-refractivity contribution >= 4 is 10.9 Å². The summed E-state index contributed by atoms with van der Waals surface area (Å²) in [4.78, 5) is 10.8. The number of fused-ring (bicyclic) bond motifs is 1. The van der Waals surface area contributed by atoms with E-state index >= 15 is 0 Å². The van der Waals surface area contributed by atoms with Gasteiger partial charge in [0.1, 0.15) is 5.52 Å². The molecule has 0 radical (unpaired) electrons. The molecule has 118 valence electrons. The molecule has 0 spiro atoms. The third-order valence-electron chi connectivity index (χ3n) is 3.15. The topological polar surface area (TPSA) is 73.9 Å². The van der Waals surface area contributed by atoms with Crippen molar-refractivity contribution in [2.24, 2.45) is 5.73 Å². The number of nitrogens with zero attached hydrogens (tertiary/aromatic N) is 3. The lowest BCUT2D eigenvalue weighted by molar-refractivity contribution is -0.145. The minimum absolute atomic E-state index is 0.0884. The molecule has 23 heavy (non-hydrogen) atoms. The van der Waals surface area contributed by atoms with Gasteiger partial charge in [0.05, 0.1) is 12.4 Å². The highest BCUT2D eigenvalue weighted by atomic mass is 19.4. The lowest BCUT2D eigenvalue weighted by Gasteiger charge is -2.11. The molecule has 0 atom stereocenters. The summed E-state index contributed by atoms with van der Waals surface area (Å²) in [5.41, 5.74) is 7.14. The second-order valence-corrected chi connectivity index (χ2v) is 4.67. The molecule has 0 amide bonds. The number of pyridine rings is 1. The van der Waals surface area contributed by atoms with Crippen LogP contribution in [0.25, 0.3) is 10.9 Å². The fourth-order valence-electron chi connectivity index (χ4n) is 2.11. The SMILES string of the molecule is NCc1ccc(Oc2cnc(C(F)(F)F)nc2)c2ncccc12. The molecule has 2 N–H and O–H groups in total. The molecule has 0 saturated carbocycles. The molecule has 5 nitrogen and oxygen atoms in total. The molecule has 0 aliphatic heterocycles. The van der Waals surface area contributed by atoms with Crippen LogP contribution in [0.3, 0.4) is 0 Å². The van der Waals surface area contributed by atoms with E-state index in [0.717, 1.165) is 23.3 Å². The number of rotatable bonds is 3. The minimum Gasteiger partial charge on any atom is -0.452 e. The Hall–Kier alpha value is -2.74. The first-order valence-electron chi connectivity index (χ1n) is 6.63. The van der Waals surface area contributed by atoms with Crippen molar-refractivity contribution in [1.29, 1.82) is 0 Å². The van der Waals surface area contributed by atoms with Crippen LogP contribution in [0.15, 0.2) is 42.9 Å². The third kappa shape index (κ3) is 3.07. The zero-order valence-corrected chi connectivity index (χ0v) is 11.7. The van der Waals surface area contributed by atoms with Crippen LogP contribution in [0.4, 0.5) is 13.2 Å². The maximum atomic E-state index is 12.5. The predicted octanol–water partition coefficient (Wildman–Crippen LogP) is 3.29. The highest BCUT2D eigenvalue weighted by molar-refractivity contribution is 5.87. The lowest BCUT2D eigenvalue weighted by Crippen LogP contribution is -2.10. The second-order valence-electron chi connectivity index (χ2n) is 4.67. The van der Waals surface area contributed by atoms with Crippen molar-refractivity contribution in [2.45, 2.75) is 12.7 Å². The molecule has 0 aliphatic carbocycles. The zero-order chi connectivity index (χ0) is 16.4. The van der Waals surface area contributed by atoms with E-state index in [0.29, 0.717) is 17.8 Å². The van der Waals surface area contributed by atoms with Crippen molar-refractivity contribution in [3.8, 4) is 11.5 Å². The fraction of sp³-hybridized carbons (Fsp3) is 0.133. The van der Waals surface area contributed by atoms with Gasteiger partial charge in [0.15, 0.2) is 11.5 Å². The molecule has 2 aromatic heterocycles. The van der Waals surface area contributed by atoms with Gasteiger partial charge in [-0.15, -0.1) is 0 Å². The number of nitrogens with two attached hydrogens (primary N) is 1. The quantitative estimate of drug-likeness (QED) is 0.801. The van der Waals surface area contributed by atoms with Gasteiger partial charge in [-0.3, -0.25) is 4.98 Å². The Balaban J connectivity index is 1.96. The molecule has 3 aromatic rings. The van der Waals surface area contributed by atoms with Crippen LogP contribution in [-0.2, 0) is 12.7 Å². The van der Waals surface area contributed by atoms with Crippen LogP contribution in [0.5, 0.6) is 11.5 Å². The Morgan fingerprint density at radius 2 is 1.78 bits per heavy atom. The van der Waals surface area contributed by atoms with E-state index in [9.17, 15) is 13.2 Å². The predicted molar refractivity (Wildman–Crippen MR) is 76.7 cm³/mol. The smallest absolute Gasteiger partial charge is 0.451 e. The maximum absolute atomic E-state index is 12.5. The van der Waals surface area contributed by atoms with E-state index in [2.05, 4.69) is 15.0 Å². The van der Waals surface area contributed by atoms with E-state index in [1.54, 1.807) is 24.4 Å². The Bertz CT molecular complexity index is 834. The first kappa shape index (κ1) is 15.2. The fourth-order valence-corrected chi connectivity index (χ4v) is 2.11. The summed E-state index contributed by atoms with van der Waals surface area (Å²) < 4.78 is 42.9. The normalized spacial score (nSPS) is 11.7. The highest BCUT2D eigenvalue weighted by Crippen LogP contribution is 2.31. The van der Waals surface area contributed by atoms with Crippen LogP contribution in [0.1, 0.15) is 11.4 Å². The van der Waals surface area contributed by atoms with Gasteiger partial charge in [0.25, 0.3) is 0 Å². The molecule has 0 fully saturated rings. The first-order chi connectivity index (χ1) is 11.0. The van der Waals surface area contributed by atoms with Crippen molar-refractivity contribution in [3.05, 3.63) is 54.2 Å². The third-order valence-corrected chi connectivity index (χ3v) is 3.15. The van der Waals surface area contributed by atoms with Gasteiger partial charge in [0, 0.05) is 18.1 Å². The van der Waals surface area contributed by atoms with Gasteiger partial charge in [-0.1, -0.05) is 12.1 Å². The van der Waals surface area contributed by atoms with Crippen LogP contribution in [-0.4, -0.2) is 15.0 Å². The van der Waals surface area contributed by atoms with Crippen molar-refractivity contribution in [2.75, 3.05) is 0 Å². The average molecular weight is 320 g/mol. The number of hydrogen-bond donors (Lipinski definition) is 1. The first-order valence-corrected chi connectivity index (χ1v) is 6.63. The van der Waals surface area contributed by atoms with Gasteiger partial charge in [0.2, 0.25) is 5.82 Å². The summed E-state index contributed by atoms with van der Waals surface area (Å²) in [6.45, 7) is 0.339. The summed E-state index contributed by atoms with van der Waals surface area (Å²) in [6, 6.07) is 7.06. The number of benzene rings is 1. The average Bonchev–Trinajstić information content (AvgIpc) is 2.55. The molecule has 2 heterocycles. The molecular weight excluding hydrogens is 309 g/mol. The van der Waals surface area contributed by atoms with Crippen molar-refractivity contribution < 1.29 is 17.9 Å². The van der Waals surface area contributed by atoms with E-state index in [-0.39, 0.29) is 5.75 Å². The summed E-state index contributed by atoms with van der Waals surface area (Å²) in [5, 5.41) is 0.820. The highest BCUT2D eigenvalue weighted by Gasteiger charge is 2.34. The molecule has 0 unspecified atom stereocenters. The van der Waals surface area contributed by atoms with E-state index in [1.165, 1.54) is 0 Å². The number of hydrogen-bond acceptors (Lipinski definition) is 5. The van der Waals surface area contributed by atoms with Gasteiger partial charge >= 0.3 is 6.18 Å². The monoisotopic (exact) mass is 320 g/mol. The van der Waals surface area contributed by atoms with Crippen LogP contribution in [0, 0.1) is 0 Å². The van der Waals surface area contributed by atoms with Crippen LogP contribution in [0.2, 0.25) is 0 Å². The van der Waals surface area contributed by atoms with Gasteiger partial charge < -0.3 is 10.5 Å². The Labute approximate surface area is 129 Å². The summed E-state index contributed by atoms with van der Waals surface area (Å²) in [6.07, 6.45) is -1.04. The molecule has 0 saturated heterocycles. The largest absolute Gasteiger partial charge is 0.452 e. The molecule has 0 bridgehead atoms. The summed E-state index contributed by atoms with van der Waals surface area (Å²) in [7, 11) is 0. The Morgan fingerprint density at radius 3 is 2.43 bits per heavy atom. The van der Waals surface area contributed by atoms with Crippen LogP contribution >= 0.6 is 0 Å². The molecule has 3 rings (SSSR count).